The molecule has 1 aromatic heterocycles. The largest absolute Gasteiger partial charge is 0.478 e. The fourth-order valence-corrected chi connectivity index (χ4v) is 2.45. The second-order valence-electron chi connectivity index (χ2n) is 5.47. The number of nitrogens with one attached hydrogen (secondary N) is 1. The Labute approximate surface area is 125 Å². The molecule has 0 bridgehead atoms. The van der Waals surface area contributed by atoms with Crippen molar-refractivity contribution in [1.82, 2.24) is 9.97 Å². The van der Waals surface area contributed by atoms with Gasteiger partial charge in [0.2, 0.25) is 5.88 Å². The third kappa shape index (κ3) is 3.51. The van der Waals surface area contributed by atoms with Gasteiger partial charge in [0.1, 0.15) is 5.82 Å². The zero-order valence-electron chi connectivity index (χ0n) is 12.4. The molecule has 4 heteroatoms. The second kappa shape index (κ2) is 6.57. The number of hydrogen-bond acceptors (Lipinski definition) is 4. The van der Waals surface area contributed by atoms with Crippen molar-refractivity contribution >= 4 is 5.82 Å². The molecular weight excluding hydrogens is 262 g/mol. The van der Waals surface area contributed by atoms with Crippen molar-refractivity contribution in [3.8, 4) is 17.3 Å². The van der Waals surface area contributed by atoms with Gasteiger partial charge in [-0.05, 0) is 12.3 Å². The Kier molecular flexibility index (Phi) is 4.34. The molecule has 0 saturated heterocycles. The van der Waals surface area contributed by atoms with Crippen LogP contribution in [0.3, 0.4) is 0 Å². The predicted octanol–water partition coefficient (Wildman–Crippen LogP) is 3.75. The SMILES string of the molecule is CNc1cc(OCCC2CCC2)nc(-c2ccccc2)n1. The molecule has 2 aromatic rings. The van der Waals surface area contributed by atoms with Gasteiger partial charge in [-0.15, -0.1) is 0 Å². The Morgan fingerprint density at radius 2 is 2.00 bits per heavy atom. The standard InChI is InChI=1S/C17H21N3O/c1-18-15-12-16(21-11-10-13-6-5-7-13)20-17(19-15)14-8-3-2-4-9-14/h2-4,8-9,12-13H,5-7,10-11H2,1H3,(H,18,19,20). The fourth-order valence-electron chi connectivity index (χ4n) is 2.45. The zero-order chi connectivity index (χ0) is 14.5. The van der Waals surface area contributed by atoms with Crippen LogP contribution in [0.1, 0.15) is 25.7 Å². The number of nitrogens with zero attached hydrogens (tertiary/aromatic N) is 2. The summed E-state index contributed by atoms with van der Waals surface area (Å²) in [6, 6.07) is 11.8. The molecule has 1 aliphatic rings. The van der Waals surface area contributed by atoms with Crippen LogP contribution in [0.15, 0.2) is 36.4 Å². The van der Waals surface area contributed by atoms with Crippen molar-refractivity contribution in [2.45, 2.75) is 25.7 Å². The normalized spacial score (nSPS) is 14.5. The van der Waals surface area contributed by atoms with Crippen LogP contribution in [0, 0.1) is 5.92 Å². The highest BCUT2D eigenvalue weighted by Gasteiger charge is 2.17. The lowest BCUT2D eigenvalue weighted by Crippen LogP contribution is -2.15. The molecule has 3 rings (SSSR count). The van der Waals surface area contributed by atoms with E-state index in [2.05, 4.69) is 15.3 Å². The molecule has 21 heavy (non-hydrogen) atoms. The number of benzene rings is 1. The Balaban J connectivity index is 1.73. The van der Waals surface area contributed by atoms with Gasteiger partial charge in [-0.25, -0.2) is 4.98 Å². The van der Waals surface area contributed by atoms with E-state index in [4.69, 9.17) is 4.74 Å². The third-order valence-electron chi connectivity index (χ3n) is 3.99. The van der Waals surface area contributed by atoms with Crippen molar-refractivity contribution in [3.63, 3.8) is 0 Å². The van der Waals surface area contributed by atoms with Gasteiger partial charge >= 0.3 is 0 Å². The van der Waals surface area contributed by atoms with E-state index in [0.717, 1.165) is 30.3 Å². The van der Waals surface area contributed by atoms with E-state index in [1.807, 2.05) is 43.4 Å². The van der Waals surface area contributed by atoms with E-state index in [0.29, 0.717) is 11.7 Å². The number of aromatic nitrogens is 2. The average Bonchev–Trinajstić information content (AvgIpc) is 2.50. The van der Waals surface area contributed by atoms with Gasteiger partial charge in [-0.3, -0.25) is 0 Å². The van der Waals surface area contributed by atoms with Gasteiger partial charge in [-0.2, -0.15) is 4.98 Å². The summed E-state index contributed by atoms with van der Waals surface area (Å²) in [5.41, 5.74) is 0.999. The highest BCUT2D eigenvalue weighted by Crippen LogP contribution is 2.29. The van der Waals surface area contributed by atoms with Crippen LogP contribution >= 0.6 is 0 Å². The minimum Gasteiger partial charge on any atom is -0.478 e. The molecule has 110 valence electrons. The van der Waals surface area contributed by atoms with Gasteiger partial charge < -0.3 is 10.1 Å². The van der Waals surface area contributed by atoms with E-state index in [9.17, 15) is 0 Å². The molecule has 1 aliphatic carbocycles. The third-order valence-corrected chi connectivity index (χ3v) is 3.99. The number of anilines is 1. The summed E-state index contributed by atoms with van der Waals surface area (Å²) < 4.78 is 5.83. The van der Waals surface area contributed by atoms with Crippen LogP contribution in [0.2, 0.25) is 0 Å². The van der Waals surface area contributed by atoms with Crippen molar-refractivity contribution in [3.05, 3.63) is 36.4 Å². The molecule has 1 heterocycles. The minimum atomic E-state index is 0.646. The molecule has 0 atom stereocenters. The summed E-state index contributed by atoms with van der Waals surface area (Å²) in [5, 5.41) is 3.07. The number of rotatable bonds is 6. The molecule has 0 unspecified atom stereocenters. The first-order valence-corrected chi connectivity index (χ1v) is 7.60. The summed E-state index contributed by atoms with van der Waals surface area (Å²) in [6.07, 6.45) is 5.20. The molecule has 0 spiro atoms. The van der Waals surface area contributed by atoms with Gasteiger partial charge in [-0.1, -0.05) is 49.6 Å². The Morgan fingerprint density at radius 3 is 2.67 bits per heavy atom. The summed E-state index contributed by atoms with van der Waals surface area (Å²) >= 11 is 0. The summed E-state index contributed by atoms with van der Waals surface area (Å²) in [5.74, 6) is 2.97. The van der Waals surface area contributed by atoms with Crippen molar-refractivity contribution in [2.24, 2.45) is 5.92 Å². The van der Waals surface area contributed by atoms with Crippen molar-refractivity contribution in [2.75, 3.05) is 19.0 Å². The quantitative estimate of drug-likeness (QED) is 0.877. The molecule has 0 aliphatic heterocycles. The molecule has 4 nitrogen and oxygen atoms in total. The van der Waals surface area contributed by atoms with Crippen LogP contribution < -0.4 is 10.1 Å². The smallest absolute Gasteiger partial charge is 0.219 e. The van der Waals surface area contributed by atoms with Crippen LogP contribution in [0.25, 0.3) is 11.4 Å². The van der Waals surface area contributed by atoms with Gasteiger partial charge in [0.15, 0.2) is 5.82 Å². The van der Waals surface area contributed by atoms with E-state index < -0.39 is 0 Å². The lowest BCUT2D eigenvalue weighted by Gasteiger charge is -2.24. The lowest BCUT2D eigenvalue weighted by molar-refractivity contribution is 0.217. The summed E-state index contributed by atoms with van der Waals surface area (Å²) in [4.78, 5) is 9.01. The highest BCUT2D eigenvalue weighted by molar-refractivity contribution is 5.58. The molecule has 0 radical (unpaired) electrons. The van der Waals surface area contributed by atoms with E-state index >= 15 is 0 Å². The van der Waals surface area contributed by atoms with Crippen LogP contribution in [0.5, 0.6) is 5.88 Å². The molecule has 1 saturated carbocycles. The fraction of sp³-hybridized carbons (Fsp3) is 0.412. The van der Waals surface area contributed by atoms with Crippen molar-refractivity contribution in [1.29, 1.82) is 0 Å². The van der Waals surface area contributed by atoms with E-state index in [1.54, 1.807) is 0 Å². The minimum absolute atomic E-state index is 0.646. The monoisotopic (exact) mass is 283 g/mol. The highest BCUT2D eigenvalue weighted by atomic mass is 16.5. The van der Waals surface area contributed by atoms with E-state index in [1.165, 1.54) is 19.3 Å². The average molecular weight is 283 g/mol. The summed E-state index contributed by atoms with van der Waals surface area (Å²) in [6.45, 7) is 0.735. The molecule has 1 aromatic carbocycles. The van der Waals surface area contributed by atoms with E-state index in [-0.39, 0.29) is 0 Å². The van der Waals surface area contributed by atoms with Gasteiger partial charge in [0.25, 0.3) is 0 Å². The van der Waals surface area contributed by atoms with Gasteiger partial charge in [0.05, 0.1) is 6.61 Å². The lowest BCUT2D eigenvalue weighted by atomic mass is 9.83. The molecule has 1 fully saturated rings. The van der Waals surface area contributed by atoms with Crippen LogP contribution in [-0.2, 0) is 0 Å². The Morgan fingerprint density at radius 1 is 1.19 bits per heavy atom. The Bertz CT molecular complexity index is 582. The topological polar surface area (TPSA) is 47.0 Å². The predicted molar refractivity (Wildman–Crippen MR) is 84.5 cm³/mol. The second-order valence-corrected chi connectivity index (χ2v) is 5.47. The maximum Gasteiger partial charge on any atom is 0.219 e. The maximum absolute atomic E-state index is 5.83. The molecule has 1 N–H and O–H groups in total. The van der Waals surface area contributed by atoms with Gasteiger partial charge in [0, 0.05) is 18.7 Å². The van der Waals surface area contributed by atoms with Crippen molar-refractivity contribution < 1.29 is 4.74 Å². The Hall–Kier alpha value is -2.10. The first-order chi connectivity index (χ1) is 10.3. The first-order valence-electron chi connectivity index (χ1n) is 7.60. The number of hydrogen-bond donors (Lipinski definition) is 1. The maximum atomic E-state index is 5.83. The first kappa shape index (κ1) is 13.9. The van der Waals surface area contributed by atoms with Crippen LogP contribution in [-0.4, -0.2) is 23.6 Å². The number of ether oxygens (including phenoxy) is 1. The zero-order valence-corrected chi connectivity index (χ0v) is 12.4. The van der Waals surface area contributed by atoms with Crippen LogP contribution in [0.4, 0.5) is 5.82 Å². The molecular formula is C17H21N3O. The molecule has 0 amide bonds. The summed E-state index contributed by atoms with van der Waals surface area (Å²) in [7, 11) is 1.86.